The molecule has 1 fully saturated rings. The van der Waals surface area contributed by atoms with Gasteiger partial charge in [-0.2, -0.15) is 0 Å². The van der Waals surface area contributed by atoms with E-state index in [-0.39, 0.29) is 5.91 Å². The van der Waals surface area contributed by atoms with Crippen LogP contribution in [0, 0.1) is 0 Å². The summed E-state index contributed by atoms with van der Waals surface area (Å²) in [6, 6.07) is 7.75. The Morgan fingerprint density at radius 2 is 1.82 bits per heavy atom. The van der Waals surface area contributed by atoms with Gasteiger partial charge in [0.25, 0.3) is 0 Å². The van der Waals surface area contributed by atoms with Crippen molar-refractivity contribution in [2.75, 3.05) is 12.4 Å². The molecule has 0 saturated heterocycles. The lowest BCUT2D eigenvalue weighted by Gasteiger charge is -2.31. The topological polar surface area (TPSA) is 70.7 Å². The van der Waals surface area contributed by atoms with Crippen molar-refractivity contribution in [3.63, 3.8) is 0 Å². The molecule has 2 amide bonds. The summed E-state index contributed by atoms with van der Waals surface area (Å²) in [4.78, 5) is 26.8. The molecule has 0 spiro atoms. The minimum absolute atomic E-state index is 0.265. The van der Waals surface area contributed by atoms with Crippen LogP contribution in [0.25, 0.3) is 0 Å². The Labute approximate surface area is 169 Å². The van der Waals surface area contributed by atoms with Gasteiger partial charge in [0.05, 0.1) is 0 Å². The van der Waals surface area contributed by atoms with Gasteiger partial charge in [-0.15, -0.1) is 0 Å². The molecule has 2 N–H and O–H groups in total. The number of carbonyl (C=O) groups is 2. The van der Waals surface area contributed by atoms with Crippen molar-refractivity contribution >= 4 is 17.7 Å². The van der Waals surface area contributed by atoms with E-state index >= 15 is 0 Å². The Hall–Kier alpha value is -2.08. The predicted octanol–water partition coefficient (Wildman–Crippen LogP) is 4.30. The zero-order chi connectivity index (χ0) is 20.7. The van der Waals surface area contributed by atoms with Crippen LogP contribution in [0.5, 0.6) is 0 Å². The van der Waals surface area contributed by atoms with E-state index in [0.717, 1.165) is 17.8 Å². The van der Waals surface area contributed by atoms with Gasteiger partial charge < -0.3 is 15.4 Å². The zero-order valence-electron chi connectivity index (χ0n) is 17.9. The van der Waals surface area contributed by atoms with Crippen LogP contribution in [0.2, 0.25) is 0 Å². The van der Waals surface area contributed by atoms with Gasteiger partial charge in [0.15, 0.2) is 0 Å². The summed E-state index contributed by atoms with van der Waals surface area (Å²) >= 11 is 0. The fraction of sp³-hybridized carbons (Fsp3) is 0.636. The third-order valence-corrected chi connectivity index (χ3v) is 5.02. The summed E-state index contributed by atoms with van der Waals surface area (Å²) in [6.45, 7) is 7.80. The van der Waals surface area contributed by atoms with Crippen molar-refractivity contribution in [3.05, 3.63) is 29.8 Å². The number of carbonyl (C=O) groups excluding carboxylic acids is 2. The molecule has 156 valence electrons. The maximum Gasteiger partial charge on any atom is 0.408 e. The number of para-hydroxylation sites is 1. The second-order valence-electron chi connectivity index (χ2n) is 8.72. The van der Waals surface area contributed by atoms with Gasteiger partial charge in [-0.25, -0.2) is 4.79 Å². The second-order valence-corrected chi connectivity index (χ2v) is 8.72. The minimum Gasteiger partial charge on any atom is -0.444 e. The maximum atomic E-state index is 12.6. The third kappa shape index (κ3) is 7.15. The monoisotopic (exact) mass is 389 g/mol. The number of alkyl carbamates (subject to hydrolysis) is 1. The summed E-state index contributed by atoms with van der Waals surface area (Å²) in [7, 11) is 2.15. The lowest BCUT2D eigenvalue weighted by molar-refractivity contribution is -0.117. The van der Waals surface area contributed by atoms with E-state index in [1.165, 1.54) is 32.1 Å². The summed E-state index contributed by atoms with van der Waals surface area (Å²) in [5.41, 5.74) is 1.26. The van der Waals surface area contributed by atoms with E-state index in [1.807, 2.05) is 24.3 Å². The molecule has 28 heavy (non-hydrogen) atoms. The van der Waals surface area contributed by atoms with Crippen LogP contribution < -0.4 is 10.6 Å². The normalized spacial score (nSPS) is 16.5. The third-order valence-electron chi connectivity index (χ3n) is 5.02. The molecular formula is C22H35N3O3. The number of nitrogens with zero attached hydrogens (tertiary/aromatic N) is 1. The molecule has 1 saturated carbocycles. The fourth-order valence-electron chi connectivity index (χ4n) is 3.49. The highest BCUT2D eigenvalue weighted by Crippen LogP contribution is 2.25. The molecule has 0 unspecified atom stereocenters. The van der Waals surface area contributed by atoms with Gasteiger partial charge in [0.1, 0.15) is 11.6 Å². The van der Waals surface area contributed by atoms with Crippen LogP contribution in [0.4, 0.5) is 10.5 Å². The first-order valence-corrected chi connectivity index (χ1v) is 10.2. The van der Waals surface area contributed by atoms with Crippen molar-refractivity contribution in [2.24, 2.45) is 0 Å². The average Bonchev–Trinajstić information content (AvgIpc) is 2.62. The van der Waals surface area contributed by atoms with Gasteiger partial charge in [-0.1, -0.05) is 37.5 Å². The van der Waals surface area contributed by atoms with Crippen LogP contribution in [0.15, 0.2) is 24.3 Å². The molecule has 1 aromatic rings. The largest absolute Gasteiger partial charge is 0.444 e. The molecule has 1 aromatic carbocycles. The number of rotatable bonds is 6. The Bertz CT molecular complexity index is 663. The number of hydrogen-bond donors (Lipinski definition) is 2. The smallest absolute Gasteiger partial charge is 0.408 e. The van der Waals surface area contributed by atoms with Crippen molar-refractivity contribution in [3.8, 4) is 0 Å². The SMILES string of the molecule is C[C@@H](NC(=O)OC(C)(C)C)C(=O)Nc1ccccc1CN(C)C1CCCCC1. The molecule has 0 aliphatic heterocycles. The lowest BCUT2D eigenvalue weighted by Crippen LogP contribution is -2.44. The van der Waals surface area contributed by atoms with E-state index in [0.29, 0.717) is 6.04 Å². The Morgan fingerprint density at radius 1 is 1.18 bits per heavy atom. The highest BCUT2D eigenvalue weighted by Gasteiger charge is 2.22. The van der Waals surface area contributed by atoms with Crippen LogP contribution in [0.3, 0.4) is 0 Å². The quantitative estimate of drug-likeness (QED) is 0.761. The van der Waals surface area contributed by atoms with Crippen molar-refractivity contribution in [1.29, 1.82) is 0 Å². The highest BCUT2D eigenvalue weighted by molar-refractivity contribution is 5.96. The summed E-state index contributed by atoms with van der Waals surface area (Å²) < 4.78 is 5.22. The molecule has 1 atom stereocenters. The zero-order valence-corrected chi connectivity index (χ0v) is 17.9. The molecule has 1 aliphatic rings. The first kappa shape index (κ1) is 22.2. The van der Waals surface area contributed by atoms with Gasteiger partial charge in [0.2, 0.25) is 5.91 Å². The molecule has 0 radical (unpaired) electrons. The number of anilines is 1. The molecule has 6 nitrogen and oxygen atoms in total. The van der Waals surface area contributed by atoms with Crippen molar-refractivity contribution in [1.82, 2.24) is 10.2 Å². The van der Waals surface area contributed by atoms with Gasteiger partial charge in [-0.05, 0) is 59.2 Å². The highest BCUT2D eigenvalue weighted by atomic mass is 16.6. The second kappa shape index (κ2) is 9.92. The Balaban J connectivity index is 1.95. The molecule has 6 heteroatoms. The van der Waals surface area contributed by atoms with Crippen molar-refractivity contribution in [2.45, 2.75) is 84.0 Å². The molecule has 0 aromatic heterocycles. The summed E-state index contributed by atoms with van der Waals surface area (Å²) in [5, 5.41) is 5.54. The van der Waals surface area contributed by atoms with E-state index in [1.54, 1.807) is 27.7 Å². The molecular weight excluding hydrogens is 354 g/mol. The van der Waals surface area contributed by atoms with Crippen LogP contribution in [-0.4, -0.2) is 41.6 Å². The number of ether oxygens (including phenoxy) is 1. The minimum atomic E-state index is -0.695. The van der Waals surface area contributed by atoms with Gasteiger partial charge in [0, 0.05) is 18.3 Å². The lowest BCUT2D eigenvalue weighted by atomic mass is 9.94. The fourth-order valence-corrected chi connectivity index (χ4v) is 3.49. The number of benzene rings is 1. The van der Waals surface area contributed by atoms with Crippen molar-refractivity contribution < 1.29 is 14.3 Å². The maximum absolute atomic E-state index is 12.6. The van der Waals surface area contributed by atoms with E-state index in [4.69, 9.17) is 4.74 Å². The van der Waals surface area contributed by atoms with Crippen LogP contribution in [0.1, 0.15) is 65.4 Å². The standard InChI is InChI=1S/C22H35N3O3/c1-16(23-21(27)28-22(2,3)4)20(26)24-19-14-10-9-11-17(19)15-25(5)18-12-7-6-8-13-18/h9-11,14,16,18H,6-8,12-13,15H2,1-5H3,(H,23,27)(H,24,26)/t16-/m1/s1. The predicted molar refractivity (Wildman–Crippen MR) is 112 cm³/mol. The first-order valence-electron chi connectivity index (χ1n) is 10.2. The van der Waals surface area contributed by atoms with E-state index in [9.17, 15) is 9.59 Å². The summed E-state index contributed by atoms with van der Waals surface area (Å²) in [5.74, 6) is -0.265. The number of hydrogen-bond acceptors (Lipinski definition) is 4. The van der Waals surface area contributed by atoms with Crippen LogP contribution in [-0.2, 0) is 16.1 Å². The van der Waals surface area contributed by atoms with E-state index in [2.05, 4.69) is 22.6 Å². The average molecular weight is 390 g/mol. The molecule has 0 bridgehead atoms. The van der Waals surface area contributed by atoms with Crippen LogP contribution >= 0.6 is 0 Å². The van der Waals surface area contributed by atoms with Gasteiger partial charge in [-0.3, -0.25) is 9.69 Å². The first-order chi connectivity index (χ1) is 13.2. The number of nitrogens with one attached hydrogen (secondary N) is 2. The van der Waals surface area contributed by atoms with E-state index < -0.39 is 17.7 Å². The Morgan fingerprint density at radius 3 is 2.46 bits per heavy atom. The molecule has 0 heterocycles. The number of amides is 2. The summed E-state index contributed by atoms with van der Waals surface area (Å²) in [6.07, 6.45) is 5.80. The molecule has 1 aliphatic carbocycles. The Kier molecular flexibility index (Phi) is 7.87. The van der Waals surface area contributed by atoms with Gasteiger partial charge >= 0.3 is 6.09 Å². The molecule has 2 rings (SSSR count).